The van der Waals surface area contributed by atoms with Crippen molar-refractivity contribution in [2.45, 2.75) is 13.3 Å². The van der Waals surface area contributed by atoms with E-state index < -0.39 is 5.91 Å². The van der Waals surface area contributed by atoms with Crippen molar-refractivity contribution in [1.29, 1.82) is 0 Å². The maximum atomic E-state index is 13.8. The molecule has 6 atom stereocenters. The van der Waals surface area contributed by atoms with Crippen LogP contribution >= 0.6 is 50.7 Å². The van der Waals surface area contributed by atoms with E-state index in [0.29, 0.717) is 37.6 Å². The Morgan fingerprint density at radius 2 is 1.63 bits per heavy atom. The Hall–Kier alpha value is -1.86. The van der Waals surface area contributed by atoms with Gasteiger partial charge in [-0.1, -0.05) is 47.0 Å². The molecule has 0 N–H and O–H groups in total. The molecule has 3 amide bonds. The first kappa shape index (κ1) is 23.5. The highest BCUT2D eigenvalue weighted by Gasteiger charge is 2.67. The van der Waals surface area contributed by atoms with Crippen LogP contribution in [0.3, 0.4) is 0 Å². The van der Waals surface area contributed by atoms with Gasteiger partial charge in [-0.25, -0.2) is 0 Å². The molecule has 180 valence electrons. The van der Waals surface area contributed by atoms with Crippen molar-refractivity contribution < 1.29 is 14.4 Å². The van der Waals surface area contributed by atoms with Crippen LogP contribution in [-0.4, -0.2) is 29.3 Å². The second-order valence-electron chi connectivity index (χ2n) is 9.77. The van der Waals surface area contributed by atoms with E-state index in [9.17, 15) is 14.4 Å². The van der Waals surface area contributed by atoms with Crippen molar-refractivity contribution in [3.05, 3.63) is 73.2 Å². The van der Waals surface area contributed by atoms with Gasteiger partial charge in [0.2, 0.25) is 11.8 Å². The van der Waals surface area contributed by atoms with Crippen LogP contribution in [-0.2, 0) is 9.59 Å². The first-order valence-corrected chi connectivity index (χ1v) is 13.4. The molecule has 5 aliphatic rings. The Balaban J connectivity index is 1.39. The Bertz CT molecular complexity index is 1310. The summed E-state index contributed by atoms with van der Waals surface area (Å²) in [5.41, 5.74) is 1.44. The number of carbonyl (C=O) groups excluding carboxylic acids is 3. The number of halogens is 4. The number of hydrogen-bond acceptors (Lipinski definition) is 3. The fourth-order valence-electron chi connectivity index (χ4n) is 6.27. The molecule has 2 saturated carbocycles. The van der Waals surface area contributed by atoms with Crippen molar-refractivity contribution in [2.75, 3.05) is 11.6 Å². The third-order valence-corrected chi connectivity index (χ3v) is 10.2. The first-order chi connectivity index (χ1) is 16.7. The van der Waals surface area contributed by atoms with Crippen LogP contribution in [0, 0.1) is 42.4 Å². The molecule has 2 aromatic rings. The number of amides is 3. The van der Waals surface area contributed by atoms with E-state index in [4.69, 9.17) is 34.8 Å². The minimum Gasteiger partial charge on any atom is -0.289 e. The quantitative estimate of drug-likeness (QED) is 0.305. The van der Waals surface area contributed by atoms with Gasteiger partial charge >= 0.3 is 0 Å². The van der Waals surface area contributed by atoms with Gasteiger partial charge in [0.1, 0.15) is 6.67 Å². The molecule has 9 heteroatoms. The SMILES string of the molecule is Cc1c(N(CN2C(=O)C3C4C=CC(C5CC45)C3C2=O)C(=O)c2ccc(Cl)c(Cl)c2)ccc(Br)c1Cl. The maximum Gasteiger partial charge on any atom is 0.259 e. The fourth-order valence-corrected chi connectivity index (χ4v) is 7.16. The molecule has 1 saturated heterocycles. The fraction of sp³-hybridized carbons (Fsp3) is 0.346. The predicted octanol–water partition coefficient (Wildman–Crippen LogP) is 6.38. The van der Waals surface area contributed by atoms with E-state index in [1.54, 1.807) is 31.2 Å². The Kier molecular flexibility index (Phi) is 5.61. The summed E-state index contributed by atoms with van der Waals surface area (Å²) >= 11 is 22.1. The van der Waals surface area contributed by atoms with Crippen LogP contribution in [0.5, 0.6) is 0 Å². The lowest BCUT2D eigenvalue weighted by Crippen LogP contribution is -2.45. The van der Waals surface area contributed by atoms with Gasteiger partial charge in [-0.15, -0.1) is 0 Å². The van der Waals surface area contributed by atoms with Crippen molar-refractivity contribution >= 4 is 74.1 Å². The van der Waals surface area contributed by atoms with Gasteiger partial charge in [0, 0.05) is 10.0 Å². The smallest absolute Gasteiger partial charge is 0.259 e. The van der Waals surface area contributed by atoms with Gasteiger partial charge in [0.15, 0.2) is 0 Å². The predicted molar refractivity (Wildman–Crippen MR) is 139 cm³/mol. The van der Waals surface area contributed by atoms with E-state index in [1.807, 2.05) is 0 Å². The molecule has 1 heterocycles. The highest BCUT2D eigenvalue weighted by molar-refractivity contribution is 9.10. The second kappa shape index (κ2) is 8.34. The number of benzene rings is 2. The molecular formula is C26H20BrCl3N2O3. The number of imide groups is 1. The number of rotatable bonds is 4. The zero-order valence-corrected chi connectivity index (χ0v) is 22.4. The minimum absolute atomic E-state index is 0.111. The summed E-state index contributed by atoms with van der Waals surface area (Å²) in [6, 6.07) is 8.10. The van der Waals surface area contributed by atoms with Crippen LogP contribution in [0.4, 0.5) is 5.69 Å². The van der Waals surface area contributed by atoms with Crippen molar-refractivity contribution in [2.24, 2.45) is 35.5 Å². The number of allylic oxidation sites excluding steroid dienone is 2. The van der Waals surface area contributed by atoms with Crippen LogP contribution in [0.1, 0.15) is 22.3 Å². The van der Waals surface area contributed by atoms with E-state index in [1.165, 1.54) is 15.9 Å². The molecule has 0 radical (unpaired) electrons. The third kappa shape index (κ3) is 3.51. The maximum absolute atomic E-state index is 13.8. The first-order valence-electron chi connectivity index (χ1n) is 11.4. The zero-order valence-electron chi connectivity index (χ0n) is 18.6. The number of carbonyl (C=O) groups is 3. The monoisotopic (exact) mass is 592 g/mol. The van der Waals surface area contributed by atoms with Gasteiger partial charge in [-0.05, 0) is 88.8 Å². The van der Waals surface area contributed by atoms with E-state index in [2.05, 4.69) is 28.1 Å². The number of likely N-dealkylation sites (tertiary alicyclic amines) is 1. The summed E-state index contributed by atoms with van der Waals surface area (Å²) in [4.78, 5) is 43.7. The normalized spacial score (nSPS) is 29.9. The standard InChI is InChI=1S/C26H20BrCl3N2O3/c1-11-20(7-5-17(27)23(11)30)31(24(33)12-2-6-18(28)19(29)8-12)10-32-25(34)21-13-3-4-14(16-9-15(13)16)22(21)26(32)35/h2-8,13-16,21-22H,9-10H2,1H3. The second-order valence-corrected chi connectivity index (χ2v) is 11.8. The molecule has 6 unspecified atom stereocenters. The summed E-state index contributed by atoms with van der Waals surface area (Å²) in [6.45, 7) is 1.60. The Labute approximate surface area is 226 Å². The van der Waals surface area contributed by atoms with E-state index in [0.717, 1.165) is 6.42 Å². The number of nitrogens with zero attached hydrogens (tertiary/aromatic N) is 2. The molecule has 1 aliphatic heterocycles. The van der Waals surface area contributed by atoms with Gasteiger partial charge in [0.25, 0.3) is 5.91 Å². The molecule has 7 rings (SSSR count). The molecular weight excluding hydrogens is 575 g/mol. The van der Waals surface area contributed by atoms with Gasteiger partial charge in [0.05, 0.1) is 32.6 Å². The summed E-state index contributed by atoms with van der Waals surface area (Å²) in [5, 5.41) is 1.02. The third-order valence-electron chi connectivity index (χ3n) is 8.05. The lowest BCUT2D eigenvalue weighted by Gasteiger charge is -2.37. The summed E-state index contributed by atoms with van der Waals surface area (Å²) < 4.78 is 0.684. The van der Waals surface area contributed by atoms with E-state index in [-0.39, 0.29) is 52.7 Å². The van der Waals surface area contributed by atoms with Crippen molar-refractivity contribution in [1.82, 2.24) is 4.90 Å². The number of anilines is 1. The lowest BCUT2D eigenvalue weighted by molar-refractivity contribution is -0.140. The molecule has 4 aliphatic carbocycles. The molecule has 2 aromatic carbocycles. The molecule has 2 bridgehead atoms. The molecule has 3 fully saturated rings. The minimum atomic E-state index is -0.413. The number of hydrogen-bond donors (Lipinski definition) is 0. The Morgan fingerprint density at radius 1 is 1.00 bits per heavy atom. The van der Waals surface area contributed by atoms with Gasteiger partial charge < -0.3 is 0 Å². The highest BCUT2D eigenvalue weighted by atomic mass is 79.9. The van der Waals surface area contributed by atoms with Gasteiger partial charge in [-0.3, -0.25) is 24.2 Å². The molecule has 5 nitrogen and oxygen atoms in total. The van der Waals surface area contributed by atoms with Crippen LogP contribution in [0.25, 0.3) is 0 Å². The highest BCUT2D eigenvalue weighted by Crippen LogP contribution is 2.65. The van der Waals surface area contributed by atoms with Crippen molar-refractivity contribution in [3.63, 3.8) is 0 Å². The average molecular weight is 595 g/mol. The summed E-state index contributed by atoms with van der Waals surface area (Å²) in [5.74, 6) is -0.247. The van der Waals surface area contributed by atoms with Crippen molar-refractivity contribution in [3.8, 4) is 0 Å². The van der Waals surface area contributed by atoms with Crippen LogP contribution in [0.15, 0.2) is 47.0 Å². The largest absolute Gasteiger partial charge is 0.289 e. The molecule has 35 heavy (non-hydrogen) atoms. The summed E-state index contributed by atoms with van der Waals surface area (Å²) in [6.07, 6.45) is 5.35. The topological polar surface area (TPSA) is 57.7 Å². The average Bonchev–Trinajstić information content (AvgIpc) is 3.63. The molecule has 0 spiro atoms. The molecule has 0 aromatic heterocycles. The van der Waals surface area contributed by atoms with E-state index >= 15 is 0 Å². The summed E-state index contributed by atoms with van der Waals surface area (Å²) in [7, 11) is 0. The Morgan fingerprint density at radius 3 is 2.23 bits per heavy atom. The lowest BCUT2D eigenvalue weighted by atomic mass is 9.63. The van der Waals surface area contributed by atoms with Gasteiger partial charge in [-0.2, -0.15) is 0 Å². The van der Waals surface area contributed by atoms with Crippen LogP contribution in [0.2, 0.25) is 15.1 Å². The zero-order chi connectivity index (χ0) is 24.8. The van der Waals surface area contributed by atoms with Crippen LogP contribution < -0.4 is 4.90 Å².